The van der Waals surface area contributed by atoms with Crippen molar-refractivity contribution in [2.45, 2.75) is 38.8 Å². The highest BCUT2D eigenvalue weighted by molar-refractivity contribution is 5.86. The van der Waals surface area contributed by atoms with Gasteiger partial charge in [0.2, 0.25) is 5.91 Å². The van der Waals surface area contributed by atoms with Gasteiger partial charge >= 0.3 is 0 Å². The van der Waals surface area contributed by atoms with E-state index in [2.05, 4.69) is 52.0 Å². The molecule has 7 heteroatoms. The number of nitrogen functional groups attached to an aromatic ring is 1. The molecule has 3 heterocycles. The SMILES string of the molecule is Cc1cccc2c(CCC(=O)N3CC[C@H](N(C)Cc4nccc(N)n4)C3)c[nH]c12. The third-order valence-electron chi connectivity index (χ3n) is 5.87. The molecule has 0 unspecified atom stereocenters. The summed E-state index contributed by atoms with van der Waals surface area (Å²) >= 11 is 0. The molecule has 29 heavy (non-hydrogen) atoms. The highest BCUT2D eigenvalue weighted by Crippen LogP contribution is 2.23. The maximum atomic E-state index is 12.8. The maximum Gasteiger partial charge on any atom is 0.222 e. The Balaban J connectivity index is 1.31. The Hall–Kier alpha value is -2.93. The van der Waals surface area contributed by atoms with Crippen LogP contribution in [0.4, 0.5) is 5.82 Å². The molecule has 4 rings (SSSR count). The smallest absolute Gasteiger partial charge is 0.222 e. The Kier molecular flexibility index (Phi) is 5.49. The van der Waals surface area contributed by atoms with E-state index in [1.54, 1.807) is 12.3 Å². The first kappa shape index (κ1) is 19.4. The molecular weight excluding hydrogens is 364 g/mol. The maximum absolute atomic E-state index is 12.8. The first-order valence-corrected chi connectivity index (χ1v) is 10.1. The van der Waals surface area contributed by atoms with Crippen molar-refractivity contribution in [3.8, 4) is 0 Å². The summed E-state index contributed by atoms with van der Waals surface area (Å²) in [5.41, 5.74) is 9.35. The van der Waals surface area contributed by atoms with E-state index in [1.165, 1.54) is 22.0 Å². The van der Waals surface area contributed by atoms with Gasteiger partial charge in [-0.2, -0.15) is 0 Å². The number of carbonyl (C=O) groups excluding carboxylic acids is 1. The van der Waals surface area contributed by atoms with Gasteiger partial charge in [-0.05, 0) is 44.0 Å². The van der Waals surface area contributed by atoms with Crippen molar-refractivity contribution in [2.24, 2.45) is 0 Å². The lowest BCUT2D eigenvalue weighted by atomic mass is 10.1. The Morgan fingerprint density at radius 2 is 2.24 bits per heavy atom. The minimum atomic E-state index is 0.225. The largest absolute Gasteiger partial charge is 0.384 e. The molecule has 1 atom stereocenters. The van der Waals surface area contributed by atoms with E-state index in [0.717, 1.165) is 25.9 Å². The van der Waals surface area contributed by atoms with Crippen LogP contribution in [0.2, 0.25) is 0 Å². The predicted octanol–water partition coefficient (Wildman–Crippen LogP) is 2.51. The number of rotatable bonds is 6. The van der Waals surface area contributed by atoms with Crippen LogP contribution >= 0.6 is 0 Å². The van der Waals surface area contributed by atoms with Gasteiger partial charge in [0.05, 0.1) is 6.54 Å². The van der Waals surface area contributed by atoms with Gasteiger partial charge in [-0.15, -0.1) is 0 Å². The molecule has 3 N–H and O–H groups in total. The highest BCUT2D eigenvalue weighted by atomic mass is 16.2. The lowest BCUT2D eigenvalue weighted by Gasteiger charge is -2.24. The molecule has 0 saturated carbocycles. The zero-order chi connectivity index (χ0) is 20.4. The number of likely N-dealkylation sites (N-methyl/N-ethyl adjacent to an activating group) is 1. The Bertz CT molecular complexity index is 1010. The summed E-state index contributed by atoms with van der Waals surface area (Å²) in [6.07, 6.45) is 5.99. The number of nitrogens with two attached hydrogens (primary N) is 1. The van der Waals surface area contributed by atoms with Crippen LogP contribution in [-0.4, -0.2) is 56.8 Å². The van der Waals surface area contributed by atoms with Crippen molar-refractivity contribution in [3.05, 3.63) is 53.6 Å². The molecule has 0 spiro atoms. The third kappa shape index (κ3) is 4.24. The molecule has 1 saturated heterocycles. The van der Waals surface area contributed by atoms with Gasteiger partial charge in [0, 0.05) is 48.8 Å². The van der Waals surface area contributed by atoms with Crippen LogP contribution in [-0.2, 0) is 17.8 Å². The number of carbonyl (C=O) groups is 1. The number of benzene rings is 1. The van der Waals surface area contributed by atoms with Crippen LogP contribution in [0.3, 0.4) is 0 Å². The molecule has 2 aromatic heterocycles. The monoisotopic (exact) mass is 392 g/mol. The average Bonchev–Trinajstić information content (AvgIpc) is 3.34. The van der Waals surface area contributed by atoms with Crippen molar-refractivity contribution in [1.29, 1.82) is 0 Å². The number of hydrogen-bond donors (Lipinski definition) is 2. The van der Waals surface area contributed by atoms with Crippen LogP contribution in [0, 0.1) is 6.92 Å². The highest BCUT2D eigenvalue weighted by Gasteiger charge is 2.29. The summed E-state index contributed by atoms with van der Waals surface area (Å²) in [4.78, 5) is 28.9. The van der Waals surface area contributed by atoms with Gasteiger partial charge in [-0.25, -0.2) is 9.97 Å². The summed E-state index contributed by atoms with van der Waals surface area (Å²) in [6.45, 7) is 4.29. The lowest BCUT2D eigenvalue weighted by molar-refractivity contribution is -0.130. The molecule has 3 aromatic rings. The van der Waals surface area contributed by atoms with E-state index in [4.69, 9.17) is 5.73 Å². The van der Waals surface area contributed by atoms with Crippen molar-refractivity contribution in [2.75, 3.05) is 25.9 Å². The van der Waals surface area contributed by atoms with E-state index < -0.39 is 0 Å². The number of aryl methyl sites for hydroxylation is 2. The topological polar surface area (TPSA) is 91.1 Å². The number of anilines is 1. The van der Waals surface area contributed by atoms with Crippen molar-refractivity contribution >= 4 is 22.6 Å². The second-order valence-corrected chi connectivity index (χ2v) is 7.91. The molecule has 0 aliphatic carbocycles. The summed E-state index contributed by atoms with van der Waals surface area (Å²) in [7, 11) is 2.06. The summed E-state index contributed by atoms with van der Waals surface area (Å²) in [5.74, 6) is 1.43. The number of likely N-dealkylation sites (tertiary alicyclic amines) is 1. The minimum Gasteiger partial charge on any atom is -0.384 e. The molecule has 1 aliphatic rings. The molecule has 0 radical (unpaired) electrons. The Morgan fingerprint density at radius 1 is 1.38 bits per heavy atom. The van der Waals surface area contributed by atoms with Gasteiger partial charge in [-0.1, -0.05) is 18.2 Å². The Labute approximate surface area is 170 Å². The number of nitrogens with zero attached hydrogens (tertiary/aromatic N) is 4. The zero-order valence-corrected chi connectivity index (χ0v) is 17.1. The first-order valence-electron chi connectivity index (χ1n) is 10.1. The predicted molar refractivity (Wildman–Crippen MR) is 114 cm³/mol. The molecule has 152 valence electrons. The van der Waals surface area contributed by atoms with Crippen molar-refractivity contribution in [1.82, 2.24) is 24.8 Å². The van der Waals surface area contributed by atoms with Crippen molar-refractivity contribution in [3.63, 3.8) is 0 Å². The second kappa shape index (κ2) is 8.21. The number of aromatic amines is 1. The van der Waals surface area contributed by atoms with Crippen LogP contribution in [0.25, 0.3) is 10.9 Å². The fourth-order valence-electron chi connectivity index (χ4n) is 4.14. The molecule has 0 bridgehead atoms. The van der Waals surface area contributed by atoms with Gasteiger partial charge in [0.25, 0.3) is 0 Å². The number of fused-ring (bicyclic) bond motifs is 1. The third-order valence-corrected chi connectivity index (χ3v) is 5.87. The van der Waals surface area contributed by atoms with E-state index in [0.29, 0.717) is 30.6 Å². The molecule has 7 nitrogen and oxygen atoms in total. The van der Waals surface area contributed by atoms with E-state index >= 15 is 0 Å². The molecular formula is C22H28N6O. The number of amides is 1. The lowest BCUT2D eigenvalue weighted by Crippen LogP contribution is -2.36. The quantitative estimate of drug-likeness (QED) is 0.673. The molecule has 1 amide bonds. The first-order chi connectivity index (χ1) is 14.0. The number of aromatic nitrogens is 3. The van der Waals surface area contributed by atoms with Gasteiger partial charge in [0.1, 0.15) is 11.6 Å². The van der Waals surface area contributed by atoms with E-state index in [1.807, 2.05) is 11.1 Å². The fraction of sp³-hybridized carbons (Fsp3) is 0.409. The van der Waals surface area contributed by atoms with Gasteiger partial charge < -0.3 is 15.6 Å². The standard InChI is InChI=1S/C22H28N6O/c1-15-4-3-5-18-16(12-25-22(15)18)6-7-21(29)28-11-9-17(13-28)27(2)14-20-24-10-8-19(23)26-20/h3-5,8,10,12,17,25H,6-7,9,11,13-14H2,1-2H3,(H2,23,24,26)/t17-/m0/s1. The van der Waals surface area contributed by atoms with Crippen LogP contribution in [0.15, 0.2) is 36.7 Å². The van der Waals surface area contributed by atoms with E-state index in [-0.39, 0.29) is 5.91 Å². The number of para-hydroxylation sites is 1. The number of H-pyrrole nitrogens is 1. The van der Waals surface area contributed by atoms with Crippen LogP contribution in [0.1, 0.15) is 29.8 Å². The normalized spacial score (nSPS) is 16.8. The summed E-state index contributed by atoms with van der Waals surface area (Å²) in [5, 5.41) is 1.22. The van der Waals surface area contributed by atoms with Crippen LogP contribution in [0.5, 0.6) is 0 Å². The second-order valence-electron chi connectivity index (χ2n) is 7.91. The molecule has 1 aromatic carbocycles. The van der Waals surface area contributed by atoms with Gasteiger partial charge in [0.15, 0.2) is 0 Å². The Morgan fingerprint density at radius 3 is 3.07 bits per heavy atom. The molecule has 1 aliphatic heterocycles. The zero-order valence-electron chi connectivity index (χ0n) is 17.1. The average molecular weight is 393 g/mol. The summed E-state index contributed by atoms with van der Waals surface area (Å²) < 4.78 is 0. The fourth-order valence-corrected chi connectivity index (χ4v) is 4.14. The molecule has 1 fully saturated rings. The van der Waals surface area contributed by atoms with Gasteiger partial charge in [-0.3, -0.25) is 9.69 Å². The summed E-state index contributed by atoms with van der Waals surface area (Å²) in [6, 6.07) is 8.30. The number of hydrogen-bond acceptors (Lipinski definition) is 5. The van der Waals surface area contributed by atoms with E-state index in [9.17, 15) is 4.79 Å². The number of nitrogens with one attached hydrogen (secondary N) is 1. The van der Waals surface area contributed by atoms with Crippen LogP contribution < -0.4 is 5.73 Å². The minimum absolute atomic E-state index is 0.225. The van der Waals surface area contributed by atoms with Crippen molar-refractivity contribution < 1.29 is 4.79 Å².